The van der Waals surface area contributed by atoms with Crippen LogP contribution in [-0.2, 0) is 14.3 Å². The smallest absolute Gasteiger partial charge is 0.338 e. The van der Waals surface area contributed by atoms with E-state index in [1.165, 1.54) is 6.08 Å². The van der Waals surface area contributed by atoms with E-state index in [-0.39, 0.29) is 6.61 Å². The van der Waals surface area contributed by atoms with Crippen LogP contribution >= 0.6 is 15.9 Å². The lowest BCUT2D eigenvalue weighted by molar-refractivity contribution is -0.139. The summed E-state index contributed by atoms with van der Waals surface area (Å²) in [6.45, 7) is 5.53. The second-order valence-corrected chi connectivity index (χ2v) is 7.95. The average Bonchev–Trinajstić information content (AvgIpc) is 2.74. The van der Waals surface area contributed by atoms with Crippen LogP contribution in [0.5, 0.6) is 5.75 Å². The molecule has 166 valence electrons. The van der Waals surface area contributed by atoms with E-state index in [0.717, 1.165) is 11.1 Å². The molecule has 1 heterocycles. The van der Waals surface area contributed by atoms with Gasteiger partial charge in [0, 0.05) is 11.8 Å². The van der Waals surface area contributed by atoms with E-state index in [2.05, 4.69) is 26.6 Å². The zero-order valence-corrected chi connectivity index (χ0v) is 19.5. The van der Waals surface area contributed by atoms with Crippen LogP contribution in [-0.4, -0.2) is 24.6 Å². The highest BCUT2D eigenvalue weighted by atomic mass is 79.9. The van der Waals surface area contributed by atoms with Gasteiger partial charge >= 0.3 is 18.0 Å². The number of carbonyl (C=O) groups excluding carboxylic acids is 3. The fraction of sp³-hybridized carbons (Fsp3) is 0.208. The Morgan fingerprint density at radius 2 is 1.91 bits per heavy atom. The number of halogens is 1. The van der Waals surface area contributed by atoms with Crippen molar-refractivity contribution in [1.29, 1.82) is 0 Å². The summed E-state index contributed by atoms with van der Waals surface area (Å²) in [6, 6.07) is 11.5. The van der Waals surface area contributed by atoms with Gasteiger partial charge in [0.05, 0.1) is 22.7 Å². The Kier molecular flexibility index (Phi) is 7.48. The lowest BCUT2D eigenvalue weighted by Gasteiger charge is -2.28. The number of urea groups is 1. The van der Waals surface area contributed by atoms with E-state index in [1.807, 2.05) is 31.2 Å². The molecule has 0 saturated carbocycles. The molecule has 2 aromatic rings. The van der Waals surface area contributed by atoms with Gasteiger partial charge in [-0.25, -0.2) is 14.4 Å². The van der Waals surface area contributed by atoms with E-state index in [0.29, 0.717) is 27.1 Å². The fourth-order valence-electron chi connectivity index (χ4n) is 3.28. The van der Waals surface area contributed by atoms with Crippen LogP contribution in [0.15, 0.2) is 64.3 Å². The van der Waals surface area contributed by atoms with Gasteiger partial charge in [-0.1, -0.05) is 30.3 Å². The van der Waals surface area contributed by atoms with Crippen molar-refractivity contribution in [2.24, 2.45) is 0 Å². The molecule has 0 aromatic heterocycles. The quantitative estimate of drug-likeness (QED) is 0.345. The van der Waals surface area contributed by atoms with Crippen LogP contribution in [0, 0.1) is 6.92 Å². The van der Waals surface area contributed by atoms with Crippen LogP contribution in [0.25, 0.3) is 6.08 Å². The Morgan fingerprint density at radius 3 is 2.59 bits per heavy atom. The predicted octanol–water partition coefficient (Wildman–Crippen LogP) is 4.57. The third-order valence-corrected chi connectivity index (χ3v) is 5.47. The zero-order valence-electron chi connectivity index (χ0n) is 17.9. The molecule has 3 rings (SSSR count). The largest absolute Gasteiger partial charge is 0.463 e. The van der Waals surface area contributed by atoms with E-state index in [4.69, 9.17) is 9.47 Å². The third kappa shape index (κ3) is 5.45. The average molecular weight is 499 g/mol. The Hall–Kier alpha value is -3.39. The van der Waals surface area contributed by atoms with Crippen molar-refractivity contribution < 1.29 is 23.9 Å². The number of nitrogens with one attached hydrogen (secondary N) is 2. The highest BCUT2D eigenvalue weighted by molar-refractivity contribution is 9.10. The highest BCUT2D eigenvalue weighted by Gasteiger charge is 2.32. The van der Waals surface area contributed by atoms with E-state index < -0.39 is 24.0 Å². The molecule has 0 bridgehead atoms. The van der Waals surface area contributed by atoms with E-state index >= 15 is 0 Å². The molecule has 8 heteroatoms. The van der Waals surface area contributed by atoms with Crippen LogP contribution < -0.4 is 15.4 Å². The topological polar surface area (TPSA) is 93.7 Å². The first-order chi connectivity index (χ1) is 15.3. The Balaban J connectivity index is 1.80. The van der Waals surface area contributed by atoms with Gasteiger partial charge in [0.2, 0.25) is 0 Å². The van der Waals surface area contributed by atoms with Gasteiger partial charge in [-0.05, 0) is 71.6 Å². The van der Waals surface area contributed by atoms with Gasteiger partial charge < -0.3 is 20.1 Å². The number of hydrogen-bond acceptors (Lipinski definition) is 5. The molecule has 1 aliphatic rings. The molecule has 0 spiro atoms. The van der Waals surface area contributed by atoms with Crippen molar-refractivity contribution in [2.75, 3.05) is 6.61 Å². The number of esters is 2. The molecule has 0 radical (unpaired) electrons. The summed E-state index contributed by atoms with van der Waals surface area (Å²) in [5.74, 6) is -0.734. The van der Waals surface area contributed by atoms with Gasteiger partial charge in [0.15, 0.2) is 0 Å². The van der Waals surface area contributed by atoms with Gasteiger partial charge in [-0.2, -0.15) is 0 Å². The monoisotopic (exact) mass is 498 g/mol. The Morgan fingerprint density at radius 1 is 1.16 bits per heavy atom. The summed E-state index contributed by atoms with van der Waals surface area (Å²) >= 11 is 3.41. The van der Waals surface area contributed by atoms with Crippen molar-refractivity contribution >= 4 is 40.0 Å². The molecule has 2 aromatic carbocycles. The minimum Gasteiger partial charge on any atom is -0.463 e. The molecule has 0 fully saturated rings. The standard InChI is InChI=1S/C24H23BrN2O5/c1-4-31-23(29)21-15(3)26-24(30)27-22(21)17-9-11-19(18(25)13-17)32-20(28)12-10-16-8-6-5-7-14(16)2/h5-13,22H,4H2,1-3H3,(H2,26,27,30)/b12-10+. The second-order valence-electron chi connectivity index (χ2n) is 7.09. The maximum Gasteiger partial charge on any atom is 0.338 e. The summed E-state index contributed by atoms with van der Waals surface area (Å²) in [5, 5.41) is 5.33. The van der Waals surface area contributed by atoms with Crippen LogP contribution in [0.2, 0.25) is 0 Å². The zero-order chi connectivity index (χ0) is 23.3. The van der Waals surface area contributed by atoms with E-state index in [9.17, 15) is 14.4 Å². The maximum atomic E-state index is 12.4. The fourth-order valence-corrected chi connectivity index (χ4v) is 3.75. The number of hydrogen-bond donors (Lipinski definition) is 2. The maximum absolute atomic E-state index is 12.4. The molecular formula is C24H23BrN2O5. The number of rotatable bonds is 6. The summed E-state index contributed by atoms with van der Waals surface area (Å²) in [4.78, 5) is 36.7. The Bertz CT molecular complexity index is 1120. The molecule has 2 amide bonds. The molecule has 1 atom stereocenters. The molecule has 0 aliphatic carbocycles. The number of ether oxygens (including phenoxy) is 2. The molecule has 2 N–H and O–H groups in total. The highest BCUT2D eigenvalue weighted by Crippen LogP contribution is 2.33. The molecule has 1 aliphatic heterocycles. The first kappa shape index (κ1) is 23.3. The molecule has 1 unspecified atom stereocenters. The summed E-state index contributed by atoms with van der Waals surface area (Å²) in [7, 11) is 0. The summed E-state index contributed by atoms with van der Waals surface area (Å²) in [6.07, 6.45) is 3.06. The minimum atomic E-state index is -0.704. The van der Waals surface area contributed by atoms with Crippen molar-refractivity contribution in [3.05, 3.63) is 81.0 Å². The van der Waals surface area contributed by atoms with Crippen LogP contribution in [0.3, 0.4) is 0 Å². The number of amides is 2. The van der Waals surface area contributed by atoms with Gasteiger partial charge in [0.1, 0.15) is 5.75 Å². The normalized spacial score (nSPS) is 15.9. The van der Waals surface area contributed by atoms with Crippen LogP contribution in [0.1, 0.15) is 36.6 Å². The van der Waals surface area contributed by atoms with Gasteiger partial charge in [-0.3, -0.25) is 0 Å². The first-order valence-electron chi connectivity index (χ1n) is 10.0. The van der Waals surface area contributed by atoms with E-state index in [1.54, 1.807) is 38.1 Å². The summed E-state index contributed by atoms with van der Waals surface area (Å²) < 4.78 is 11.1. The lowest BCUT2D eigenvalue weighted by atomic mass is 9.95. The number of allylic oxidation sites excluding steroid dienone is 1. The SMILES string of the molecule is CCOC(=O)C1=C(C)NC(=O)NC1c1ccc(OC(=O)/C=C/c2ccccc2C)c(Br)c1. The molecule has 7 nitrogen and oxygen atoms in total. The van der Waals surface area contributed by atoms with Crippen LogP contribution in [0.4, 0.5) is 4.79 Å². The first-order valence-corrected chi connectivity index (χ1v) is 10.8. The van der Waals surface area contributed by atoms with Gasteiger partial charge in [0.25, 0.3) is 0 Å². The van der Waals surface area contributed by atoms with Gasteiger partial charge in [-0.15, -0.1) is 0 Å². The minimum absolute atomic E-state index is 0.213. The molecule has 0 saturated heterocycles. The third-order valence-electron chi connectivity index (χ3n) is 4.85. The second kappa shape index (κ2) is 10.3. The van der Waals surface area contributed by atoms with Crippen molar-refractivity contribution in [3.8, 4) is 5.75 Å². The lowest BCUT2D eigenvalue weighted by Crippen LogP contribution is -2.45. The predicted molar refractivity (Wildman–Crippen MR) is 124 cm³/mol. The number of aryl methyl sites for hydroxylation is 1. The van der Waals surface area contributed by atoms with Crippen molar-refractivity contribution in [2.45, 2.75) is 26.8 Å². The summed E-state index contributed by atoms with van der Waals surface area (Å²) in [5.41, 5.74) is 3.33. The Labute approximate surface area is 194 Å². The van der Waals surface area contributed by atoms with Crippen molar-refractivity contribution in [3.63, 3.8) is 0 Å². The van der Waals surface area contributed by atoms with Crippen molar-refractivity contribution in [1.82, 2.24) is 10.6 Å². The molecular weight excluding hydrogens is 476 g/mol. The molecule has 32 heavy (non-hydrogen) atoms. The number of benzene rings is 2. The number of carbonyl (C=O) groups is 3.